The molecule has 1 N–H and O–H groups in total. The van der Waals surface area contributed by atoms with E-state index in [9.17, 15) is 0 Å². The summed E-state index contributed by atoms with van der Waals surface area (Å²) in [6.07, 6.45) is 4.10. The van der Waals surface area contributed by atoms with Crippen molar-refractivity contribution in [2.24, 2.45) is 4.99 Å². The van der Waals surface area contributed by atoms with E-state index < -0.39 is 0 Å². The van der Waals surface area contributed by atoms with Gasteiger partial charge in [-0.25, -0.2) is 4.98 Å². The molecular weight excluding hydrogens is 367 g/mol. The molecule has 0 amide bonds. The van der Waals surface area contributed by atoms with Gasteiger partial charge in [-0.2, -0.15) is 0 Å². The quantitative estimate of drug-likeness (QED) is 0.459. The molecule has 0 saturated heterocycles. The Balaban J connectivity index is 0.00000361. The van der Waals surface area contributed by atoms with Crippen LogP contribution < -0.4 is 10.1 Å². The molecule has 0 aliphatic rings. The number of guanidine groups is 1. The predicted molar refractivity (Wildman–Crippen MR) is 93.9 cm³/mol. The van der Waals surface area contributed by atoms with Crippen LogP contribution in [0.5, 0.6) is 5.88 Å². The van der Waals surface area contributed by atoms with Crippen molar-refractivity contribution in [1.82, 2.24) is 15.2 Å². The molecule has 0 aliphatic heterocycles. The van der Waals surface area contributed by atoms with E-state index in [1.165, 1.54) is 12.8 Å². The summed E-state index contributed by atoms with van der Waals surface area (Å²) in [5, 5.41) is 3.34. The number of aromatic nitrogens is 1. The number of nitrogens with one attached hydrogen (secondary N) is 1. The fourth-order valence-corrected chi connectivity index (χ4v) is 1.74. The highest BCUT2D eigenvalue weighted by Crippen LogP contribution is 2.08. The maximum Gasteiger partial charge on any atom is 0.213 e. The molecule has 0 aromatic carbocycles. The zero-order valence-corrected chi connectivity index (χ0v) is 15.0. The Hall–Kier alpha value is -1.05. The van der Waals surface area contributed by atoms with Crippen LogP contribution in [0.15, 0.2) is 23.3 Å². The fraction of sp³-hybridized carbons (Fsp3) is 0.571. The van der Waals surface area contributed by atoms with Crippen LogP contribution in [-0.2, 0) is 6.54 Å². The summed E-state index contributed by atoms with van der Waals surface area (Å²) < 4.78 is 5.11. The number of hydrogen-bond acceptors (Lipinski definition) is 3. The van der Waals surface area contributed by atoms with Crippen molar-refractivity contribution in [3.63, 3.8) is 0 Å². The molecule has 114 valence electrons. The summed E-state index contributed by atoms with van der Waals surface area (Å²) in [6, 6.07) is 3.89. The monoisotopic (exact) mass is 392 g/mol. The summed E-state index contributed by atoms with van der Waals surface area (Å²) in [5.41, 5.74) is 1.12. The maximum atomic E-state index is 5.11. The van der Waals surface area contributed by atoms with Crippen molar-refractivity contribution in [2.45, 2.75) is 26.3 Å². The predicted octanol–water partition coefficient (Wildman–Crippen LogP) is 2.52. The molecule has 0 aliphatic carbocycles. The normalized spacial score (nSPS) is 10.7. The topological polar surface area (TPSA) is 49.8 Å². The summed E-state index contributed by atoms with van der Waals surface area (Å²) in [7, 11) is 5.48. The second kappa shape index (κ2) is 10.7. The number of unbranched alkanes of at least 4 members (excludes halogenated alkanes) is 1. The molecule has 0 atom stereocenters. The molecule has 1 aromatic rings. The highest BCUT2D eigenvalue weighted by atomic mass is 127. The number of pyridine rings is 1. The van der Waals surface area contributed by atoms with Crippen LogP contribution >= 0.6 is 24.0 Å². The highest BCUT2D eigenvalue weighted by Gasteiger charge is 2.05. The van der Waals surface area contributed by atoms with Gasteiger partial charge in [-0.1, -0.05) is 13.3 Å². The minimum atomic E-state index is 0. The molecule has 0 fully saturated rings. The summed E-state index contributed by atoms with van der Waals surface area (Å²) >= 11 is 0. The van der Waals surface area contributed by atoms with E-state index in [0.29, 0.717) is 12.4 Å². The largest absolute Gasteiger partial charge is 0.481 e. The van der Waals surface area contributed by atoms with Gasteiger partial charge in [-0.05, 0) is 18.1 Å². The third-order valence-electron chi connectivity index (χ3n) is 2.88. The summed E-state index contributed by atoms with van der Waals surface area (Å²) in [6.45, 7) is 3.91. The fourth-order valence-electron chi connectivity index (χ4n) is 1.74. The van der Waals surface area contributed by atoms with Gasteiger partial charge in [0, 0.05) is 39.4 Å². The number of halogens is 1. The van der Waals surface area contributed by atoms with Gasteiger partial charge in [0.05, 0.1) is 7.11 Å². The molecule has 1 rings (SSSR count). The molecule has 0 unspecified atom stereocenters. The van der Waals surface area contributed by atoms with Crippen LogP contribution in [0.1, 0.15) is 25.3 Å². The van der Waals surface area contributed by atoms with Crippen molar-refractivity contribution in [2.75, 3.05) is 27.7 Å². The van der Waals surface area contributed by atoms with Gasteiger partial charge in [-0.15, -0.1) is 24.0 Å². The molecule has 1 heterocycles. The number of methoxy groups -OCH3 is 1. The van der Waals surface area contributed by atoms with E-state index in [1.807, 2.05) is 12.1 Å². The van der Waals surface area contributed by atoms with E-state index in [2.05, 4.69) is 34.2 Å². The van der Waals surface area contributed by atoms with Gasteiger partial charge in [0.15, 0.2) is 5.96 Å². The van der Waals surface area contributed by atoms with Gasteiger partial charge >= 0.3 is 0 Å². The van der Waals surface area contributed by atoms with E-state index >= 15 is 0 Å². The van der Waals surface area contributed by atoms with Crippen molar-refractivity contribution in [1.29, 1.82) is 0 Å². The van der Waals surface area contributed by atoms with Crippen LogP contribution in [-0.4, -0.2) is 43.6 Å². The zero-order valence-electron chi connectivity index (χ0n) is 12.7. The number of hydrogen-bond donors (Lipinski definition) is 1. The average Bonchev–Trinajstić information content (AvgIpc) is 2.45. The molecule has 0 saturated carbocycles. The molecule has 0 bridgehead atoms. The van der Waals surface area contributed by atoms with Crippen LogP contribution in [0.3, 0.4) is 0 Å². The van der Waals surface area contributed by atoms with Gasteiger partial charge in [0.2, 0.25) is 5.88 Å². The molecule has 6 heteroatoms. The number of rotatable bonds is 6. The Morgan fingerprint density at radius 1 is 1.50 bits per heavy atom. The lowest BCUT2D eigenvalue weighted by atomic mass is 10.2. The Bertz CT molecular complexity index is 412. The molecule has 0 radical (unpaired) electrons. The molecule has 0 spiro atoms. The number of ether oxygens (including phenoxy) is 1. The zero-order chi connectivity index (χ0) is 14.1. The highest BCUT2D eigenvalue weighted by molar-refractivity contribution is 14.0. The first kappa shape index (κ1) is 18.9. The lowest BCUT2D eigenvalue weighted by Crippen LogP contribution is -2.38. The van der Waals surface area contributed by atoms with Gasteiger partial charge in [-0.3, -0.25) is 4.99 Å². The number of nitrogens with zero attached hydrogens (tertiary/aromatic N) is 3. The summed E-state index contributed by atoms with van der Waals surface area (Å²) in [4.78, 5) is 10.5. The molecule has 20 heavy (non-hydrogen) atoms. The van der Waals surface area contributed by atoms with Crippen LogP contribution in [0.2, 0.25) is 0 Å². The van der Waals surface area contributed by atoms with Crippen molar-refractivity contribution >= 4 is 29.9 Å². The molecular formula is C14H25IN4O. The summed E-state index contributed by atoms with van der Waals surface area (Å²) in [5.74, 6) is 1.54. The first-order chi connectivity index (χ1) is 9.21. The first-order valence-corrected chi connectivity index (χ1v) is 6.62. The Morgan fingerprint density at radius 2 is 2.25 bits per heavy atom. The van der Waals surface area contributed by atoms with Crippen molar-refractivity contribution < 1.29 is 4.74 Å². The smallest absolute Gasteiger partial charge is 0.213 e. The second-order valence-corrected chi connectivity index (χ2v) is 4.38. The van der Waals surface area contributed by atoms with Crippen LogP contribution in [0.25, 0.3) is 0 Å². The average molecular weight is 392 g/mol. The van der Waals surface area contributed by atoms with E-state index in [0.717, 1.165) is 18.1 Å². The lowest BCUT2D eigenvalue weighted by molar-refractivity contribution is 0.397. The minimum absolute atomic E-state index is 0. The Morgan fingerprint density at radius 3 is 2.85 bits per heavy atom. The Labute approximate surface area is 138 Å². The van der Waals surface area contributed by atoms with Crippen LogP contribution in [0, 0.1) is 0 Å². The van der Waals surface area contributed by atoms with E-state index in [-0.39, 0.29) is 24.0 Å². The maximum absolute atomic E-state index is 5.11. The molecule has 1 aromatic heterocycles. The Kier molecular flexibility index (Phi) is 10.1. The van der Waals surface area contributed by atoms with E-state index in [1.54, 1.807) is 20.4 Å². The van der Waals surface area contributed by atoms with Crippen molar-refractivity contribution in [3.05, 3.63) is 23.9 Å². The van der Waals surface area contributed by atoms with Crippen molar-refractivity contribution in [3.8, 4) is 5.88 Å². The van der Waals surface area contributed by atoms with Crippen LogP contribution in [0.4, 0.5) is 0 Å². The lowest BCUT2D eigenvalue weighted by Gasteiger charge is -2.21. The van der Waals surface area contributed by atoms with Gasteiger partial charge < -0.3 is 15.0 Å². The number of aliphatic imine (C=N–C) groups is 1. The minimum Gasteiger partial charge on any atom is -0.481 e. The third-order valence-corrected chi connectivity index (χ3v) is 2.88. The third kappa shape index (κ3) is 6.40. The first-order valence-electron chi connectivity index (χ1n) is 6.62. The SMILES string of the molecule is CCCCN(C)C(=NC)NCc1ccnc(OC)c1.I. The van der Waals surface area contributed by atoms with E-state index in [4.69, 9.17) is 4.74 Å². The van der Waals surface area contributed by atoms with Gasteiger partial charge in [0.25, 0.3) is 0 Å². The second-order valence-electron chi connectivity index (χ2n) is 4.38. The van der Waals surface area contributed by atoms with Gasteiger partial charge in [0.1, 0.15) is 0 Å². The molecule has 5 nitrogen and oxygen atoms in total. The standard InChI is InChI=1S/C14H24N4O.HI/c1-5-6-9-18(3)14(15-2)17-11-12-7-8-16-13(10-12)19-4;/h7-8,10H,5-6,9,11H2,1-4H3,(H,15,17);1H.